The second-order valence-corrected chi connectivity index (χ2v) is 1.41. The summed E-state index contributed by atoms with van der Waals surface area (Å²) in [5, 5.41) is 0. The normalized spacial score (nSPS) is 12.9. The topological polar surface area (TPSA) is 35.5 Å². The zero-order chi connectivity index (χ0) is 6.57. The Kier molecular flexibility index (Phi) is 3.19. The molecule has 0 aromatic rings. The number of rotatable bonds is 2. The zero-order valence-electron chi connectivity index (χ0n) is 5.30. The fourth-order valence-corrected chi connectivity index (χ4v) is 0.282. The molecule has 8 heavy (non-hydrogen) atoms. The number of methoxy groups -OCH3 is 1. The van der Waals surface area contributed by atoms with Gasteiger partial charge in [-0.25, -0.2) is 0 Å². The summed E-state index contributed by atoms with van der Waals surface area (Å²) < 4.78 is 9.16. The third-order valence-corrected chi connectivity index (χ3v) is 0.664. The molecule has 0 rings (SSSR count). The Morgan fingerprint density at radius 3 is 2.25 bits per heavy atom. The van der Waals surface area contributed by atoms with Gasteiger partial charge in [-0.3, -0.25) is 4.79 Å². The Balaban J connectivity index is 3.24. The Morgan fingerprint density at radius 1 is 1.62 bits per heavy atom. The molecule has 0 aliphatic carbocycles. The van der Waals surface area contributed by atoms with Crippen LogP contribution in [-0.4, -0.2) is 19.4 Å². The zero-order valence-corrected chi connectivity index (χ0v) is 5.30. The van der Waals surface area contributed by atoms with E-state index >= 15 is 0 Å². The number of hydrogen-bond acceptors (Lipinski definition) is 3. The molecule has 0 spiro atoms. The Labute approximate surface area is 48.6 Å². The molecule has 3 nitrogen and oxygen atoms in total. The summed E-state index contributed by atoms with van der Waals surface area (Å²) in [6, 6.07) is 0. The second kappa shape index (κ2) is 3.43. The predicted octanol–water partition coefficient (Wildman–Crippen LogP) is 0.542. The van der Waals surface area contributed by atoms with Crippen molar-refractivity contribution in [1.82, 2.24) is 0 Å². The van der Waals surface area contributed by atoms with E-state index < -0.39 is 6.29 Å². The van der Waals surface area contributed by atoms with Crippen molar-refractivity contribution >= 4 is 5.97 Å². The molecule has 0 amide bonds. The Morgan fingerprint density at radius 2 is 2.12 bits per heavy atom. The molecule has 0 aliphatic heterocycles. The van der Waals surface area contributed by atoms with Gasteiger partial charge in [0.25, 0.3) is 0 Å². The van der Waals surface area contributed by atoms with Crippen molar-refractivity contribution in [3.63, 3.8) is 0 Å². The standard InChI is InChI=1S/C5H10O3/c1-4(6)8-5(2)7-3/h5H,1-3H3. The largest absolute Gasteiger partial charge is 0.436 e. The monoisotopic (exact) mass is 118 g/mol. The van der Waals surface area contributed by atoms with Crippen LogP contribution in [0.25, 0.3) is 0 Å². The molecule has 1 atom stereocenters. The third-order valence-electron chi connectivity index (χ3n) is 0.664. The molecule has 0 N–H and O–H groups in total. The molecule has 0 saturated heterocycles. The lowest BCUT2D eigenvalue weighted by atomic mass is 10.7. The number of carbonyl (C=O) groups is 1. The van der Waals surface area contributed by atoms with Crippen LogP contribution >= 0.6 is 0 Å². The van der Waals surface area contributed by atoms with Gasteiger partial charge in [-0.2, -0.15) is 0 Å². The molecule has 3 heteroatoms. The van der Waals surface area contributed by atoms with Crippen LogP contribution in [-0.2, 0) is 14.3 Å². The molecule has 0 aromatic heterocycles. The summed E-state index contributed by atoms with van der Waals surface area (Å²) >= 11 is 0. The summed E-state index contributed by atoms with van der Waals surface area (Å²) in [7, 11) is 1.48. The first-order valence-electron chi connectivity index (χ1n) is 2.37. The van der Waals surface area contributed by atoms with Gasteiger partial charge in [-0.15, -0.1) is 0 Å². The first-order chi connectivity index (χ1) is 3.66. The fraction of sp³-hybridized carbons (Fsp3) is 0.800. The molecule has 48 valence electrons. The molecule has 0 radical (unpaired) electrons. The highest BCUT2D eigenvalue weighted by atomic mass is 16.7. The maximum Gasteiger partial charge on any atom is 0.304 e. The predicted molar refractivity (Wildman–Crippen MR) is 28.2 cm³/mol. The minimum absolute atomic E-state index is 0.320. The van der Waals surface area contributed by atoms with Crippen LogP contribution < -0.4 is 0 Å². The lowest BCUT2D eigenvalue weighted by Crippen LogP contribution is -2.13. The number of hydrogen-bond donors (Lipinski definition) is 0. The van der Waals surface area contributed by atoms with Crippen molar-refractivity contribution in [2.75, 3.05) is 7.11 Å². The molecular formula is C5H10O3. The van der Waals surface area contributed by atoms with Crippen molar-refractivity contribution in [2.24, 2.45) is 0 Å². The molecular weight excluding hydrogens is 108 g/mol. The van der Waals surface area contributed by atoms with Crippen molar-refractivity contribution in [3.8, 4) is 0 Å². The highest BCUT2D eigenvalue weighted by Gasteiger charge is 1.99. The van der Waals surface area contributed by atoms with Gasteiger partial charge in [0.15, 0.2) is 6.29 Å². The SMILES string of the molecule is COC(C)OC(C)=O. The van der Waals surface area contributed by atoms with Crippen LogP contribution in [0.4, 0.5) is 0 Å². The summed E-state index contributed by atoms with van der Waals surface area (Å²) in [6.45, 7) is 3.00. The molecule has 0 fully saturated rings. The molecule has 1 unspecified atom stereocenters. The van der Waals surface area contributed by atoms with Gasteiger partial charge in [0.1, 0.15) is 0 Å². The molecule has 0 saturated carbocycles. The quantitative estimate of drug-likeness (QED) is 0.392. The molecule has 0 heterocycles. The highest BCUT2D eigenvalue weighted by Crippen LogP contribution is 1.89. The lowest BCUT2D eigenvalue weighted by molar-refractivity contribution is -0.166. The molecule has 0 bridgehead atoms. The van der Waals surface area contributed by atoms with E-state index in [9.17, 15) is 4.79 Å². The van der Waals surface area contributed by atoms with Gasteiger partial charge in [-0.05, 0) is 6.92 Å². The number of carbonyl (C=O) groups excluding carboxylic acids is 1. The van der Waals surface area contributed by atoms with Crippen LogP contribution in [0.5, 0.6) is 0 Å². The lowest BCUT2D eigenvalue weighted by Gasteiger charge is -2.07. The van der Waals surface area contributed by atoms with E-state index in [1.54, 1.807) is 6.92 Å². The number of esters is 1. The fourth-order valence-electron chi connectivity index (χ4n) is 0.282. The maximum atomic E-state index is 10.1. The van der Waals surface area contributed by atoms with Crippen LogP contribution in [0, 0.1) is 0 Å². The van der Waals surface area contributed by atoms with Gasteiger partial charge in [0, 0.05) is 14.0 Å². The second-order valence-electron chi connectivity index (χ2n) is 1.41. The van der Waals surface area contributed by atoms with Crippen LogP contribution in [0.1, 0.15) is 13.8 Å². The summed E-state index contributed by atoms with van der Waals surface area (Å²) in [4.78, 5) is 10.1. The first-order valence-corrected chi connectivity index (χ1v) is 2.37. The van der Waals surface area contributed by atoms with E-state index in [0.717, 1.165) is 0 Å². The number of ether oxygens (including phenoxy) is 2. The van der Waals surface area contributed by atoms with E-state index in [1.807, 2.05) is 0 Å². The van der Waals surface area contributed by atoms with Crippen molar-refractivity contribution in [3.05, 3.63) is 0 Å². The molecule has 0 aromatic carbocycles. The summed E-state index contributed by atoms with van der Waals surface area (Å²) in [5.41, 5.74) is 0. The average Bonchev–Trinajstić information content (AvgIpc) is 1.65. The van der Waals surface area contributed by atoms with Crippen molar-refractivity contribution in [2.45, 2.75) is 20.1 Å². The summed E-state index contributed by atoms with van der Waals surface area (Å²) in [5.74, 6) is -0.320. The maximum absolute atomic E-state index is 10.1. The van der Waals surface area contributed by atoms with Crippen molar-refractivity contribution in [1.29, 1.82) is 0 Å². The van der Waals surface area contributed by atoms with E-state index in [2.05, 4.69) is 9.47 Å². The highest BCUT2D eigenvalue weighted by molar-refractivity contribution is 5.65. The van der Waals surface area contributed by atoms with E-state index in [-0.39, 0.29) is 5.97 Å². The van der Waals surface area contributed by atoms with Crippen LogP contribution in [0.15, 0.2) is 0 Å². The van der Waals surface area contributed by atoms with Crippen LogP contribution in [0.2, 0.25) is 0 Å². The minimum Gasteiger partial charge on any atom is -0.436 e. The Bertz CT molecular complexity index is 79.7. The van der Waals surface area contributed by atoms with Gasteiger partial charge < -0.3 is 9.47 Å². The van der Waals surface area contributed by atoms with Gasteiger partial charge in [0.05, 0.1) is 0 Å². The van der Waals surface area contributed by atoms with Gasteiger partial charge in [0.2, 0.25) is 0 Å². The van der Waals surface area contributed by atoms with Gasteiger partial charge in [-0.1, -0.05) is 0 Å². The van der Waals surface area contributed by atoms with Crippen LogP contribution in [0.3, 0.4) is 0 Å². The Hall–Kier alpha value is -0.570. The third kappa shape index (κ3) is 3.61. The van der Waals surface area contributed by atoms with E-state index in [4.69, 9.17) is 0 Å². The summed E-state index contributed by atoms with van der Waals surface area (Å²) in [6.07, 6.45) is -0.424. The van der Waals surface area contributed by atoms with Crippen molar-refractivity contribution < 1.29 is 14.3 Å². The van der Waals surface area contributed by atoms with E-state index in [0.29, 0.717) is 0 Å². The minimum atomic E-state index is -0.424. The molecule has 0 aliphatic rings. The smallest absolute Gasteiger partial charge is 0.304 e. The van der Waals surface area contributed by atoms with Gasteiger partial charge >= 0.3 is 5.97 Å². The average molecular weight is 118 g/mol. The van der Waals surface area contributed by atoms with E-state index in [1.165, 1.54) is 14.0 Å². The first kappa shape index (κ1) is 7.43.